The SMILES string of the molecule is Cc1cc(Br)ccc1NC(=O)CN(C)C1=NS(=O)(=O)c2ccccc21. The largest absolute Gasteiger partial charge is 0.349 e. The molecule has 6 nitrogen and oxygen atoms in total. The molecule has 0 radical (unpaired) electrons. The number of halogens is 1. The minimum Gasteiger partial charge on any atom is -0.349 e. The van der Waals surface area contributed by atoms with Crippen LogP contribution in [0.2, 0.25) is 0 Å². The molecule has 1 heterocycles. The maximum atomic E-state index is 12.3. The Kier molecular flexibility index (Phi) is 4.66. The monoisotopic (exact) mass is 421 g/mol. The van der Waals surface area contributed by atoms with E-state index in [1.54, 1.807) is 25.2 Å². The number of nitrogens with zero attached hydrogens (tertiary/aromatic N) is 2. The molecule has 0 fully saturated rings. The topological polar surface area (TPSA) is 78.8 Å². The Balaban J connectivity index is 1.77. The molecule has 0 saturated heterocycles. The van der Waals surface area contributed by atoms with Gasteiger partial charge in [0.05, 0.1) is 6.54 Å². The maximum absolute atomic E-state index is 12.3. The van der Waals surface area contributed by atoms with E-state index in [2.05, 4.69) is 25.6 Å². The third-order valence-corrected chi connectivity index (χ3v) is 5.64. The average Bonchev–Trinajstić information content (AvgIpc) is 2.82. The summed E-state index contributed by atoms with van der Waals surface area (Å²) >= 11 is 3.38. The van der Waals surface area contributed by atoms with Gasteiger partial charge in [-0.25, -0.2) is 0 Å². The molecule has 25 heavy (non-hydrogen) atoms. The Morgan fingerprint density at radius 3 is 2.68 bits per heavy atom. The van der Waals surface area contributed by atoms with E-state index in [9.17, 15) is 13.2 Å². The smallest absolute Gasteiger partial charge is 0.285 e. The van der Waals surface area contributed by atoms with Gasteiger partial charge >= 0.3 is 0 Å². The summed E-state index contributed by atoms with van der Waals surface area (Å²) in [5.41, 5.74) is 2.15. The fourth-order valence-electron chi connectivity index (χ4n) is 2.61. The second-order valence-corrected chi connectivity index (χ2v) is 8.24. The average molecular weight is 422 g/mol. The molecule has 2 aromatic carbocycles. The minimum absolute atomic E-state index is 0.0157. The van der Waals surface area contributed by atoms with Crippen molar-refractivity contribution in [1.82, 2.24) is 4.90 Å². The van der Waals surface area contributed by atoms with Crippen molar-refractivity contribution in [2.24, 2.45) is 4.40 Å². The quantitative estimate of drug-likeness (QED) is 0.825. The molecular weight excluding hydrogens is 406 g/mol. The molecule has 0 aromatic heterocycles. The zero-order chi connectivity index (χ0) is 18.2. The number of fused-ring (bicyclic) bond motifs is 1. The van der Waals surface area contributed by atoms with Crippen LogP contribution in [0.4, 0.5) is 5.69 Å². The zero-order valence-electron chi connectivity index (χ0n) is 13.7. The van der Waals surface area contributed by atoms with Crippen LogP contribution in [-0.2, 0) is 14.8 Å². The molecule has 0 aliphatic carbocycles. The van der Waals surface area contributed by atoms with Crippen molar-refractivity contribution in [2.45, 2.75) is 11.8 Å². The van der Waals surface area contributed by atoms with Gasteiger partial charge in [0, 0.05) is 22.8 Å². The summed E-state index contributed by atoms with van der Waals surface area (Å²) in [6, 6.07) is 12.2. The van der Waals surface area contributed by atoms with E-state index in [4.69, 9.17) is 0 Å². The van der Waals surface area contributed by atoms with Crippen LogP contribution in [0.15, 0.2) is 56.2 Å². The first-order valence-corrected chi connectivity index (χ1v) is 9.73. The number of anilines is 1. The highest BCUT2D eigenvalue weighted by molar-refractivity contribution is 9.10. The molecule has 1 aliphatic heterocycles. The van der Waals surface area contributed by atoms with Gasteiger partial charge in [-0.3, -0.25) is 4.79 Å². The number of amides is 1. The predicted octanol–water partition coefficient (Wildman–Crippen LogP) is 2.78. The fraction of sp³-hybridized carbons (Fsp3) is 0.176. The first kappa shape index (κ1) is 17.6. The van der Waals surface area contributed by atoms with E-state index in [1.165, 1.54) is 11.0 Å². The van der Waals surface area contributed by atoms with Crippen LogP contribution in [0.3, 0.4) is 0 Å². The highest BCUT2D eigenvalue weighted by atomic mass is 79.9. The number of carbonyl (C=O) groups excluding carboxylic acids is 1. The van der Waals surface area contributed by atoms with Crippen molar-refractivity contribution in [2.75, 3.05) is 18.9 Å². The molecule has 1 N–H and O–H groups in total. The number of hydrogen-bond acceptors (Lipinski definition) is 4. The predicted molar refractivity (Wildman–Crippen MR) is 100 cm³/mol. The van der Waals surface area contributed by atoms with Gasteiger partial charge in [0.1, 0.15) is 4.90 Å². The molecule has 2 aromatic rings. The van der Waals surface area contributed by atoms with Gasteiger partial charge < -0.3 is 10.2 Å². The number of aryl methyl sites for hydroxylation is 1. The van der Waals surface area contributed by atoms with Crippen molar-refractivity contribution in [3.63, 3.8) is 0 Å². The maximum Gasteiger partial charge on any atom is 0.285 e. The van der Waals surface area contributed by atoms with Crippen LogP contribution in [0.5, 0.6) is 0 Å². The molecule has 0 unspecified atom stereocenters. The van der Waals surface area contributed by atoms with Crippen LogP contribution in [0.25, 0.3) is 0 Å². The van der Waals surface area contributed by atoms with Crippen LogP contribution in [0, 0.1) is 6.92 Å². The van der Waals surface area contributed by atoms with E-state index in [0.29, 0.717) is 11.3 Å². The van der Waals surface area contributed by atoms with Crippen molar-refractivity contribution in [1.29, 1.82) is 0 Å². The summed E-state index contributed by atoms with van der Waals surface area (Å²) < 4.78 is 28.9. The van der Waals surface area contributed by atoms with Gasteiger partial charge in [-0.05, 0) is 42.8 Å². The van der Waals surface area contributed by atoms with Crippen molar-refractivity contribution >= 4 is 43.4 Å². The lowest BCUT2D eigenvalue weighted by Gasteiger charge is -2.19. The Morgan fingerprint density at radius 2 is 1.96 bits per heavy atom. The van der Waals surface area contributed by atoms with E-state index in [-0.39, 0.29) is 23.2 Å². The van der Waals surface area contributed by atoms with Gasteiger partial charge in [0.2, 0.25) is 5.91 Å². The Bertz CT molecular complexity index is 986. The third kappa shape index (κ3) is 3.59. The lowest BCUT2D eigenvalue weighted by Crippen LogP contribution is -2.35. The van der Waals surface area contributed by atoms with Crippen LogP contribution >= 0.6 is 15.9 Å². The molecule has 130 valence electrons. The Morgan fingerprint density at radius 1 is 1.24 bits per heavy atom. The number of hydrogen-bond donors (Lipinski definition) is 1. The van der Waals surface area contributed by atoms with Crippen LogP contribution < -0.4 is 5.32 Å². The number of sulfonamides is 1. The van der Waals surface area contributed by atoms with E-state index >= 15 is 0 Å². The molecule has 3 rings (SSSR count). The lowest BCUT2D eigenvalue weighted by atomic mass is 10.2. The van der Waals surface area contributed by atoms with Gasteiger partial charge in [-0.1, -0.05) is 28.1 Å². The lowest BCUT2D eigenvalue weighted by molar-refractivity contribution is -0.116. The molecule has 0 spiro atoms. The number of benzene rings is 2. The van der Waals surface area contributed by atoms with Crippen molar-refractivity contribution in [3.8, 4) is 0 Å². The van der Waals surface area contributed by atoms with Crippen LogP contribution in [-0.4, -0.2) is 38.7 Å². The van der Waals surface area contributed by atoms with Crippen LogP contribution in [0.1, 0.15) is 11.1 Å². The van der Waals surface area contributed by atoms with Gasteiger partial charge in [-0.15, -0.1) is 4.40 Å². The summed E-state index contributed by atoms with van der Waals surface area (Å²) in [6.07, 6.45) is 0. The number of nitrogens with one attached hydrogen (secondary N) is 1. The molecule has 8 heteroatoms. The van der Waals surface area contributed by atoms with E-state index in [1.807, 2.05) is 25.1 Å². The van der Waals surface area contributed by atoms with E-state index < -0.39 is 10.0 Å². The summed E-state index contributed by atoms with van der Waals surface area (Å²) in [5.74, 6) is 0.0238. The highest BCUT2D eigenvalue weighted by Crippen LogP contribution is 2.27. The number of carbonyl (C=O) groups is 1. The molecule has 0 saturated carbocycles. The summed E-state index contributed by atoms with van der Waals surface area (Å²) in [7, 11) is -2.05. The minimum atomic E-state index is -3.70. The van der Waals surface area contributed by atoms with Gasteiger partial charge in [0.25, 0.3) is 10.0 Å². The normalized spacial score (nSPS) is 14.6. The molecule has 1 amide bonds. The first-order chi connectivity index (χ1) is 11.8. The summed E-state index contributed by atoms with van der Waals surface area (Å²) in [6.45, 7) is 1.88. The van der Waals surface area contributed by atoms with Crippen molar-refractivity contribution in [3.05, 3.63) is 58.1 Å². The molecule has 1 aliphatic rings. The molecular formula is C17H16BrN3O3S. The first-order valence-electron chi connectivity index (χ1n) is 7.49. The Labute approximate surface area is 154 Å². The third-order valence-electron chi connectivity index (χ3n) is 3.82. The summed E-state index contributed by atoms with van der Waals surface area (Å²) in [4.78, 5) is 14.0. The van der Waals surface area contributed by atoms with Gasteiger partial charge in [-0.2, -0.15) is 8.42 Å². The molecule has 0 bridgehead atoms. The number of rotatable bonds is 3. The Hall–Kier alpha value is -2.19. The molecule has 0 atom stereocenters. The van der Waals surface area contributed by atoms with Crippen molar-refractivity contribution < 1.29 is 13.2 Å². The second kappa shape index (κ2) is 6.61. The fourth-order valence-corrected chi connectivity index (χ4v) is 4.34. The summed E-state index contributed by atoms with van der Waals surface area (Å²) in [5, 5.41) is 2.83. The van der Waals surface area contributed by atoms with E-state index in [0.717, 1.165) is 10.0 Å². The second-order valence-electron chi connectivity index (χ2n) is 5.75. The van der Waals surface area contributed by atoms with Gasteiger partial charge in [0.15, 0.2) is 5.84 Å². The number of amidine groups is 1. The number of likely N-dealkylation sites (N-methyl/N-ethyl adjacent to an activating group) is 1. The highest BCUT2D eigenvalue weighted by Gasteiger charge is 2.30. The standard InChI is InChI=1S/C17H16BrN3O3S/c1-11-9-12(18)7-8-14(11)19-16(22)10-21(2)17-13-5-3-4-6-15(13)25(23,24)20-17/h3-9H,10H2,1-2H3,(H,19,22). The zero-order valence-corrected chi connectivity index (χ0v) is 16.1.